The normalized spacial score (nSPS) is 11.0. The van der Waals surface area contributed by atoms with Gasteiger partial charge in [0.15, 0.2) is 11.5 Å². The predicted octanol–water partition coefficient (Wildman–Crippen LogP) is 8.50. The van der Waals surface area contributed by atoms with E-state index in [0.717, 1.165) is 8.95 Å². The molecule has 0 radical (unpaired) electrons. The Kier molecular flexibility index (Phi) is 9.78. The van der Waals surface area contributed by atoms with Crippen LogP contribution in [0.2, 0.25) is 0 Å². The molecule has 50 heavy (non-hydrogen) atoms. The van der Waals surface area contributed by atoms with Crippen LogP contribution in [0.3, 0.4) is 0 Å². The number of benzene rings is 2. The second-order valence-corrected chi connectivity index (χ2v) is 12.6. The topological polar surface area (TPSA) is 200 Å². The first-order valence-corrected chi connectivity index (χ1v) is 16.1. The van der Waals surface area contributed by atoms with Gasteiger partial charge in [-0.3, -0.25) is 30.2 Å². The van der Waals surface area contributed by atoms with Crippen molar-refractivity contribution in [2.75, 3.05) is 0 Å². The Morgan fingerprint density at radius 3 is 1.48 bits per heavy atom. The van der Waals surface area contributed by atoms with Crippen molar-refractivity contribution in [1.29, 1.82) is 0 Å². The summed E-state index contributed by atoms with van der Waals surface area (Å²) in [6, 6.07) is 14.5. The highest BCUT2D eigenvalue weighted by molar-refractivity contribution is 9.10. The van der Waals surface area contributed by atoms with Crippen LogP contribution in [0.5, 0.6) is 11.5 Å². The molecule has 0 fully saturated rings. The molecule has 15 nitrogen and oxygen atoms in total. The average molecular weight is 806 g/mol. The maximum atomic E-state index is 13.3. The third-order valence-electron chi connectivity index (χ3n) is 7.52. The number of carbonyl (C=O) groups excluding carboxylic acids is 1. The molecule has 0 saturated heterocycles. The molecule has 252 valence electrons. The summed E-state index contributed by atoms with van der Waals surface area (Å²) in [6.07, 6.45) is 2.03. The highest BCUT2D eigenvalue weighted by atomic mass is 79.9. The lowest BCUT2D eigenvalue weighted by molar-refractivity contribution is -0.385. The number of aryl methyl sites for hydroxylation is 2. The Morgan fingerprint density at radius 1 is 0.700 bits per heavy atom. The van der Waals surface area contributed by atoms with E-state index in [-0.39, 0.29) is 46.8 Å². The number of hydrogen-bond acceptors (Lipinski definition) is 13. The van der Waals surface area contributed by atoms with Gasteiger partial charge < -0.3 is 18.5 Å². The SMILES string of the molecule is Cc1noc(-c2ccc(Br)cn2)c1Cc1cc([N+](=O)[O-])ccc1OC(=O)Oc1ccc([N+](=O)[O-])cc1Cc1c(C)noc1-c1ccc(Br)cn1. The molecule has 0 unspecified atom stereocenters. The molecule has 0 amide bonds. The summed E-state index contributed by atoms with van der Waals surface area (Å²) in [7, 11) is 0. The molecule has 0 aliphatic rings. The van der Waals surface area contributed by atoms with E-state index < -0.39 is 16.0 Å². The first-order chi connectivity index (χ1) is 24.0. The quantitative estimate of drug-likeness (QED) is 0.0553. The molecule has 4 heterocycles. The molecule has 0 aliphatic carbocycles. The summed E-state index contributed by atoms with van der Waals surface area (Å²) in [4.78, 5) is 44.2. The summed E-state index contributed by atoms with van der Waals surface area (Å²) in [6.45, 7) is 3.41. The second-order valence-electron chi connectivity index (χ2n) is 10.8. The van der Waals surface area contributed by atoms with Gasteiger partial charge in [0.25, 0.3) is 11.4 Å². The largest absolute Gasteiger partial charge is 0.519 e. The second kappa shape index (κ2) is 14.4. The van der Waals surface area contributed by atoms with Gasteiger partial charge in [0.05, 0.1) is 21.2 Å². The average Bonchev–Trinajstić information content (AvgIpc) is 3.64. The van der Waals surface area contributed by atoms with Gasteiger partial charge >= 0.3 is 6.16 Å². The zero-order valence-corrected chi connectivity index (χ0v) is 29.1. The monoisotopic (exact) mass is 804 g/mol. The molecule has 0 spiro atoms. The van der Waals surface area contributed by atoms with Crippen LogP contribution in [0.25, 0.3) is 22.9 Å². The molecule has 4 aromatic heterocycles. The Balaban J connectivity index is 1.30. The number of nitro groups is 2. The van der Waals surface area contributed by atoms with Crippen molar-refractivity contribution in [2.45, 2.75) is 26.7 Å². The number of halogens is 2. The fraction of sp³-hybridized carbons (Fsp3) is 0.121. The van der Waals surface area contributed by atoms with Crippen molar-refractivity contribution in [3.63, 3.8) is 0 Å². The van der Waals surface area contributed by atoms with Gasteiger partial charge in [-0.05, 0) is 82.1 Å². The van der Waals surface area contributed by atoms with Crippen LogP contribution in [0.15, 0.2) is 91.0 Å². The summed E-state index contributed by atoms with van der Waals surface area (Å²) >= 11 is 6.69. The van der Waals surface area contributed by atoms with Gasteiger partial charge in [-0.2, -0.15) is 0 Å². The maximum Gasteiger partial charge on any atom is 0.519 e. The molecular weight excluding hydrogens is 784 g/mol. The van der Waals surface area contributed by atoms with Gasteiger partial charge in [0.2, 0.25) is 0 Å². The van der Waals surface area contributed by atoms with Crippen molar-refractivity contribution in [1.82, 2.24) is 20.3 Å². The van der Waals surface area contributed by atoms with E-state index >= 15 is 0 Å². The number of carbonyl (C=O) groups is 1. The van der Waals surface area contributed by atoms with Crippen molar-refractivity contribution in [3.05, 3.63) is 136 Å². The number of non-ortho nitro benzene ring substituents is 2. The smallest absolute Gasteiger partial charge is 0.394 e. The fourth-order valence-corrected chi connectivity index (χ4v) is 5.50. The minimum absolute atomic E-state index is 0.0229. The third kappa shape index (κ3) is 7.42. The van der Waals surface area contributed by atoms with E-state index in [9.17, 15) is 25.0 Å². The third-order valence-corrected chi connectivity index (χ3v) is 8.46. The zero-order chi connectivity index (χ0) is 35.5. The number of hydrogen-bond donors (Lipinski definition) is 0. The van der Waals surface area contributed by atoms with Gasteiger partial charge in [0, 0.05) is 80.7 Å². The zero-order valence-electron chi connectivity index (χ0n) is 26.0. The first-order valence-electron chi connectivity index (χ1n) is 14.5. The number of pyridine rings is 2. The van der Waals surface area contributed by atoms with Crippen LogP contribution in [-0.2, 0) is 12.8 Å². The van der Waals surface area contributed by atoms with E-state index in [4.69, 9.17) is 18.5 Å². The molecule has 0 bridgehead atoms. The van der Waals surface area contributed by atoms with Crippen molar-refractivity contribution < 1.29 is 33.2 Å². The van der Waals surface area contributed by atoms with Gasteiger partial charge in [0.1, 0.15) is 22.9 Å². The summed E-state index contributed by atoms with van der Waals surface area (Å²) in [5.41, 5.74) is 3.13. The lowest BCUT2D eigenvalue weighted by atomic mass is 10.0. The van der Waals surface area contributed by atoms with Crippen molar-refractivity contribution in [2.24, 2.45) is 0 Å². The number of nitrogens with zero attached hydrogens (tertiary/aromatic N) is 6. The molecule has 2 aromatic carbocycles. The van der Waals surface area contributed by atoms with Crippen molar-refractivity contribution in [3.8, 4) is 34.4 Å². The summed E-state index contributed by atoms with van der Waals surface area (Å²) < 4.78 is 23.8. The summed E-state index contributed by atoms with van der Waals surface area (Å²) in [5, 5.41) is 31.5. The minimum atomic E-state index is -1.19. The van der Waals surface area contributed by atoms with E-state index in [1.807, 2.05) is 0 Å². The molecule has 17 heteroatoms. The Labute approximate surface area is 298 Å². The van der Waals surface area contributed by atoms with E-state index in [2.05, 4.69) is 52.1 Å². The van der Waals surface area contributed by atoms with Crippen LogP contribution < -0.4 is 9.47 Å². The van der Waals surface area contributed by atoms with Gasteiger partial charge in [-0.15, -0.1) is 0 Å². The number of nitro benzene ring substituents is 2. The van der Waals surface area contributed by atoms with E-state index in [0.29, 0.717) is 45.4 Å². The Hall–Kier alpha value is -5.81. The number of aromatic nitrogens is 4. The van der Waals surface area contributed by atoms with Crippen molar-refractivity contribution >= 4 is 49.4 Å². The van der Waals surface area contributed by atoms with Crippen LogP contribution in [0.1, 0.15) is 33.6 Å². The molecule has 6 aromatic rings. The highest BCUT2D eigenvalue weighted by Crippen LogP contribution is 2.35. The highest BCUT2D eigenvalue weighted by Gasteiger charge is 2.24. The number of rotatable bonds is 10. The van der Waals surface area contributed by atoms with Gasteiger partial charge in [-0.25, -0.2) is 4.79 Å². The molecule has 0 aliphatic heterocycles. The lowest BCUT2D eigenvalue weighted by Crippen LogP contribution is -2.16. The van der Waals surface area contributed by atoms with Gasteiger partial charge in [-0.1, -0.05) is 10.3 Å². The van der Waals surface area contributed by atoms with Crippen LogP contribution in [0.4, 0.5) is 16.2 Å². The van der Waals surface area contributed by atoms with Crippen LogP contribution >= 0.6 is 31.9 Å². The van der Waals surface area contributed by atoms with E-state index in [1.165, 1.54) is 36.4 Å². The van der Waals surface area contributed by atoms with Crippen LogP contribution in [-0.4, -0.2) is 36.3 Å². The molecule has 6 rings (SSSR count). The minimum Gasteiger partial charge on any atom is -0.394 e. The molecule has 0 atom stereocenters. The van der Waals surface area contributed by atoms with E-state index in [1.54, 1.807) is 50.5 Å². The standard InChI is InChI=1S/C33H22Br2N6O9/c1-17-25(31(49-38-17)27-7-3-21(34)15-36-27)13-19-11-23(40(43)44)5-9-29(19)47-33(42)48-30-10-6-24(41(45)46)12-20(30)14-26-18(2)39-50-32(26)28-8-4-22(35)16-37-28/h3-12,15-16H,13-14H2,1-2H3. The Bertz CT molecular complexity index is 2100. The maximum absolute atomic E-state index is 13.3. The summed E-state index contributed by atoms with van der Waals surface area (Å²) in [5.74, 6) is 0.621. The fourth-order valence-electron chi connectivity index (χ4n) is 5.03. The Morgan fingerprint density at radius 2 is 1.12 bits per heavy atom. The molecular formula is C33H22Br2N6O9. The molecule has 0 saturated carbocycles. The number of ether oxygens (including phenoxy) is 2. The molecule has 0 N–H and O–H groups in total. The van der Waals surface area contributed by atoms with Crippen LogP contribution in [0, 0.1) is 34.1 Å². The predicted molar refractivity (Wildman–Crippen MR) is 183 cm³/mol. The first kappa shape index (κ1) is 34.1. The lowest BCUT2D eigenvalue weighted by Gasteiger charge is -2.13.